The number of alkyl halides is 2. The average Bonchev–Trinajstić information content (AvgIpc) is 3.08. The van der Waals surface area contributed by atoms with Crippen molar-refractivity contribution in [3.05, 3.63) is 0 Å². The molecule has 0 heterocycles. The fraction of sp³-hybridized carbons (Fsp3) is 0.917. The number of carbonyl (C=O) groups excluding carboxylic acids is 1. The molecule has 1 atom stereocenters. The molecule has 0 amide bonds. The second kappa shape index (κ2) is 6.99. The van der Waals surface area contributed by atoms with Crippen molar-refractivity contribution in [2.24, 2.45) is 0 Å². The van der Waals surface area contributed by atoms with Crippen LogP contribution in [0.2, 0.25) is 0 Å². The molecule has 106 valence electrons. The molecule has 1 aliphatic carbocycles. The minimum Gasteiger partial charge on any atom is -0.465 e. The van der Waals surface area contributed by atoms with E-state index in [2.05, 4.69) is 5.32 Å². The Balaban J connectivity index is 2.40. The number of halogens is 2. The first-order chi connectivity index (χ1) is 8.48. The van der Waals surface area contributed by atoms with E-state index >= 15 is 0 Å². The van der Waals surface area contributed by atoms with E-state index in [9.17, 15) is 13.6 Å². The van der Waals surface area contributed by atoms with Crippen LogP contribution >= 0.6 is 0 Å². The Bertz CT molecular complexity index is 272. The summed E-state index contributed by atoms with van der Waals surface area (Å²) in [5, 5.41) is 3.20. The first kappa shape index (κ1) is 15.3. The van der Waals surface area contributed by atoms with Crippen molar-refractivity contribution >= 4 is 5.97 Å². The van der Waals surface area contributed by atoms with E-state index in [1.165, 1.54) is 0 Å². The summed E-state index contributed by atoms with van der Waals surface area (Å²) in [6.45, 7) is 3.29. The lowest BCUT2D eigenvalue weighted by Gasteiger charge is -2.28. The number of ether oxygens (including phenoxy) is 2. The maximum Gasteiger partial charge on any atom is 0.326 e. The minimum atomic E-state index is -2.48. The molecule has 0 radical (unpaired) electrons. The predicted molar refractivity (Wildman–Crippen MR) is 62.6 cm³/mol. The summed E-state index contributed by atoms with van der Waals surface area (Å²) in [4.78, 5) is 11.9. The summed E-state index contributed by atoms with van der Waals surface area (Å²) in [5.74, 6) is -0.349. The molecule has 1 aliphatic rings. The minimum absolute atomic E-state index is 0.110. The zero-order valence-electron chi connectivity index (χ0n) is 10.9. The number of hydrogen-bond acceptors (Lipinski definition) is 4. The first-order valence-electron chi connectivity index (χ1n) is 6.28. The number of rotatable bonds is 9. The van der Waals surface area contributed by atoms with E-state index in [-0.39, 0.29) is 12.6 Å². The van der Waals surface area contributed by atoms with Crippen LogP contribution in [-0.4, -0.2) is 43.8 Å². The highest BCUT2D eigenvalue weighted by Crippen LogP contribution is 2.25. The molecular weight excluding hydrogens is 244 g/mol. The van der Waals surface area contributed by atoms with Crippen molar-refractivity contribution in [2.45, 2.75) is 51.1 Å². The van der Waals surface area contributed by atoms with Gasteiger partial charge in [0.2, 0.25) is 0 Å². The van der Waals surface area contributed by atoms with Gasteiger partial charge in [-0.25, -0.2) is 8.78 Å². The maximum atomic E-state index is 11.9. The van der Waals surface area contributed by atoms with Gasteiger partial charge in [0.05, 0.1) is 6.61 Å². The molecule has 6 heteroatoms. The highest BCUT2D eigenvalue weighted by molar-refractivity contribution is 5.80. The van der Waals surface area contributed by atoms with Crippen molar-refractivity contribution in [3.63, 3.8) is 0 Å². The molecule has 4 nitrogen and oxygen atoms in total. The molecule has 1 unspecified atom stereocenters. The highest BCUT2D eigenvalue weighted by Gasteiger charge is 2.39. The lowest BCUT2D eigenvalue weighted by molar-refractivity contribution is -0.151. The first-order valence-corrected chi connectivity index (χ1v) is 6.28. The van der Waals surface area contributed by atoms with Crippen LogP contribution in [0.3, 0.4) is 0 Å². The third kappa shape index (κ3) is 5.27. The van der Waals surface area contributed by atoms with Gasteiger partial charge in [0.25, 0.3) is 6.43 Å². The maximum absolute atomic E-state index is 11.9. The molecule has 0 aromatic heterocycles. The van der Waals surface area contributed by atoms with Gasteiger partial charge >= 0.3 is 5.97 Å². The fourth-order valence-electron chi connectivity index (χ4n) is 1.65. The van der Waals surface area contributed by atoms with Crippen LogP contribution in [0, 0.1) is 0 Å². The molecule has 0 spiro atoms. The number of nitrogens with one attached hydrogen (secondary N) is 1. The third-order valence-electron chi connectivity index (χ3n) is 2.82. The zero-order chi connectivity index (χ0) is 13.6. The van der Waals surface area contributed by atoms with E-state index in [0.717, 1.165) is 12.8 Å². The second-order valence-corrected chi connectivity index (χ2v) is 4.69. The lowest BCUT2D eigenvalue weighted by Crippen LogP contribution is -2.52. The van der Waals surface area contributed by atoms with E-state index < -0.39 is 18.6 Å². The molecule has 0 aromatic rings. The number of hydrogen-bond donors (Lipinski definition) is 1. The Morgan fingerprint density at radius 2 is 2.17 bits per heavy atom. The number of carbonyl (C=O) groups is 1. The SMILES string of the molecule is CCOC(=O)C(C)(CCOCC(F)F)NC1CC1. The standard InChI is InChI=1S/C12H21F2NO3/c1-3-18-11(16)12(2,15-9-4-5-9)6-7-17-8-10(13)14/h9-10,15H,3-8H2,1-2H3. The van der Waals surface area contributed by atoms with Crippen LogP contribution in [0.5, 0.6) is 0 Å². The van der Waals surface area contributed by atoms with Gasteiger partial charge in [0.15, 0.2) is 0 Å². The largest absolute Gasteiger partial charge is 0.465 e. The van der Waals surface area contributed by atoms with Crippen molar-refractivity contribution in [1.82, 2.24) is 5.32 Å². The Morgan fingerprint density at radius 1 is 1.50 bits per heavy atom. The number of esters is 1. The molecule has 1 fully saturated rings. The molecule has 0 saturated heterocycles. The van der Waals surface area contributed by atoms with Gasteiger partial charge in [-0.05, 0) is 33.1 Å². The molecule has 1 N–H and O–H groups in total. The van der Waals surface area contributed by atoms with E-state index in [1.807, 2.05) is 0 Å². The zero-order valence-corrected chi connectivity index (χ0v) is 10.9. The topological polar surface area (TPSA) is 47.6 Å². The van der Waals surface area contributed by atoms with Crippen LogP contribution in [0.15, 0.2) is 0 Å². The molecule has 18 heavy (non-hydrogen) atoms. The Kier molecular flexibility index (Phi) is 5.95. The highest BCUT2D eigenvalue weighted by atomic mass is 19.3. The second-order valence-electron chi connectivity index (χ2n) is 4.69. The molecule has 0 aliphatic heterocycles. The monoisotopic (exact) mass is 265 g/mol. The van der Waals surface area contributed by atoms with Gasteiger partial charge in [0, 0.05) is 12.6 Å². The summed E-state index contributed by atoms with van der Waals surface area (Å²) < 4.78 is 33.7. The van der Waals surface area contributed by atoms with Crippen LogP contribution in [0.1, 0.15) is 33.1 Å². The van der Waals surface area contributed by atoms with Crippen LogP contribution in [0.25, 0.3) is 0 Å². The summed E-state index contributed by atoms with van der Waals surface area (Å²) in [5.41, 5.74) is -0.848. The van der Waals surface area contributed by atoms with Gasteiger partial charge in [-0.3, -0.25) is 10.1 Å². The van der Waals surface area contributed by atoms with Crippen molar-refractivity contribution < 1.29 is 23.0 Å². The fourth-order valence-corrected chi connectivity index (χ4v) is 1.65. The van der Waals surface area contributed by atoms with Gasteiger partial charge < -0.3 is 9.47 Å². The Labute approximate surface area is 106 Å². The predicted octanol–water partition coefficient (Wildman–Crippen LogP) is 1.73. The molecular formula is C12H21F2NO3. The van der Waals surface area contributed by atoms with E-state index in [4.69, 9.17) is 9.47 Å². The summed E-state index contributed by atoms with van der Waals surface area (Å²) in [7, 11) is 0. The average molecular weight is 265 g/mol. The molecule has 0 bridgehead atoms. The van der Waals surface area contributed by atoms with E-state index in [0.29, 0.717) is 19.1 Å². The summed E-state index contributed by atoms with van der Waals surface area (Å²) >= 11 is 0. The Morgan fingerprint density at radius 3 is 2.67 bits per heavy atom. The molecule has 1 saturated carbocycles. The molecule has 0 aromatic carbocycles. The Hall–Kier alpha value is -0.750. The summed E-state index contributed by atoms with van der Waals surface area (Å²) in [6.07, 6.45) is -0.0790. The third-order valence-corrected chi connectivity index (χ3v) is 2.82. The normalized spacial score (nSPS) is 18.7. The van der Waals surface area contributed by atoms with Crippen molar-refractivity contribution in [2.75, 3.05) is 19.8 Å². The van der Waals surface area contributed by atoms with Gasteiger partial charge in [-0.2, -0.15) is 0 Å². The quantitative estimate of drug-likeness (QED) is 0.509. The lowest BCUT2D eigenvalue weighted by atomic mass is 9.98. The summed E-state index contributed by atoms with van der Waals surface area (Å²) in [6, 6.07) is 0.328. The van der Waals surface area contributed by atoms with Gasteiger partial charge in [-0.15, -0.1) is 0 Å². The van der Waals surface area contributed by atoms with Gasteiger partial charge in [0.1, 0.15) is 12.1 Å². The smallest absolute Gasteiger partial charge is 0.326 e. The van der Waals surface area contributed by atoms with Crippen molar-refractivity contribution in [1.29, 1.82) is 0 Å². The molecule has 1 rings (SSSR count). The van der Waals surface area contributed by atoms with Crippen molar-refractivity contribution in [3.8, 4) is 0 Å². The van der Waals surface area contributed by atoms with Crippen LogP contribution in [0.4, 0.5) is 8.78 Å². The van der Waals surface area contributed by atoms with E-state index in [1.54, 1.807) is 13.8 Å². The van der Waals surface area contributed by atoms with Crippen LogP contribution < -0.4 is 5.32 Å². The van der Waals surface area contributed by atoms with Crippen LogP contribution in [-0.2, 0) is 14.3 Å². The van der Waals surface area contributed by atoms with Gasteiger partial charge in [-0.1, -0.05) is 0 Å².